The number of aryl methyl sites for hydroxylation is 1. The van der Waals surface area contributed by atoms with Gasteiger partial charge < -0.3 is 15.5 Å². The molecule has 1 amide bonds. The molecular formula is C25H25N3O5S. The monoisotopic (exact) mass is 479 g/mol. The molecule has 4 aromatic rings. The van der Waals surface area contributed by atoms with Gasteiger partial charge >= 0.3 is 0 Å². The fraction of sp³-hybridized carbons (Fsp3) is 0.200. The molecule has 0 saturated carbocycles. The van der Waals surface area contributed by atoms with Gasteiger partial charge in [0.1, 0.15) is 12.4 Å². The van der Waals surface area contributed by atoms with Gasteiger partial charge in [-0.1, -0.05) is 35.9 Å². The minimum atomic E-state index is -3.83. The molecule has 0 aliphatic carbocycles. The van der Waals surface area contributed by atoms with Crippen LogP contribution in [0.4, 0.5) is 0 Å². The second-order valence-electron chi connectivity index (χ2n) is 8.11. The maximum atomic E-state index is 12.8. The molecule has 0 aliphatic heterocycles. The lowest BCUT2D eigenvalue weighted by Crippen LogP contribution is -2.17. The third kappa shape index (κ3) is 4.72. The van der Waals surface area contributed by atoms with Crippen molar-refractivity contribution >= 4 is 26.7 Å². The number of hydrogen-bond acceptors (Lipinski definition) is 6. The molecule has 0 fully saturated rings. The number of nitrogens with one attached hydrogen (secondary N) is 1. The number of amides is 1. The van der Waals surface area contributed by atoms with E-state index in [1.54, 1.807) is 55.6 Å². The van der Waals surface area contributed by atoms with E-state index in [0.717, 1.165) is 26.6 Å². The maximum absolute atomic E-state index is 12.8. The average Bonchev–Trinajstić information content (AvgIpc) is 3.34. The van der Waals surface area contributed by atoms with Crippen LogP contribution in [0.2, 0.25) is 0 Å². The average molecular weight is 480 g/mol. The first kappa shape index (κ1) is 23.6. The molecule has 34 heavy (non-hydrogen) atoms. The molecule has 1 heterocycles. The number of nitrogens with zero attached hydrogens (tertiary/aromatic N) is 2. The first-order chi connectivity index (χ1) is 16.2. The highest BCUT2D eigenvalue weighted by Gasteiger charge is 2.22. The number of rotatable bonds is 7. The molecule has 2 atom stereocenters. The zero-order valence-corrected chi connectivity index (χ0v) is 19.5. The summed E-state index contributed by atoms with van der Waals surface area (Å²) in [6, 6.07) is 17.0. The summed E-state index contributed by atoms with van der Waals surface area (Å²) in [5.74, 6) is -0.182. The Labute approximate surface area is 197 Å². The number of aromatic nitrogens is 2. The molecule has 3 aromatic carbocycles. The molecule has 0 saturated heterocycles. The standard InChI is InChI=1S/C25H25N3O5S/c1-16-3-9-21(10-4-16)34(32,33)28-14-22(27-15-28)24(30)13-23(29)19-7-5-18-12-20(25(31)26-2)8-6-17(18)11-19/h3-12,14-15,23-24,29-30H,13H2,1-2H3,(H,26,31)/t23-,24?/m0/s1. The van der Waals surface area contributed by atoms with E-state index in [1.165, 1.54) is 18.3 Å². The van der Waals surface area contributed by atoms with Crippen LogP contribution in [-0.4, -0.2) is 40.5 Å². The van der Waals surface area contributed by atoms with Crippen molar-refractivity contribution in [3.63, 3.8) is 0 Å². The van der Waals surface area contributed by atoms with Crippen molar-refractivity contribution < 1.29 is 23.4 Å². The van der Waals surface area contributed by atoms with Crippen LogP contribution in [0.1, 0.15) is 45.8 Å². The van der Waals surface area contributed by atoms with Crippen LogP contribution in [0.5, 0.6) is 0 Å². The van der Waals surface area contributed by atoms with Gasteiger partial charge in [0.05, 0.1) is 16.7 Å². The van der Waals surface area contributed by atoms with Gasteiger partial charge in [-0.15, -0.1) is 0 Å². The van der Waals surface area contributed by atoms with Crippen molar-refractivity contribution in [2.24, 2.45) is 0 Å². The SMILES string of the molecule is CNC(=O)c1ccc2cc([C@@H](O)CC(O)c3cn(S(=O)(=O)c4ccc(C)cc4)cn3)ccc2c1. The Morgan fingerprint density at radius 1 is 1.00 bits per heavy atom. The Morgan fingerprint density at radius 2 is 1.68 bits per heavy atom. The minimum Gasteiger partial charge on any atom is -0.388 e. The first-order valence-electron chi connectivity index (χ1n) is 10.7. The fourth-order valence-corrected chi connectivity index (χ4v) is 4.82. The van der Waals surface area contributed by atoms with Crippen LogP contribution >= 0.6 is 0 Å². The van der Waals surface area contributed by atoms with Crippen LogP contribution in [0.15, 0.2) is 78.1 Å². The number of imidazole rings is 1. The van der Waals surface area contributed by atoms with Gasteiger partial charge in [-0.3, -0.25) is 4.79 Å². The molecule has 0 bridgehead atoms. The van der Waals surface area contributed by atoms with Crippen molar-refractivity contribution in [3.05, 3.63) is 95.6 Å². The summed E-state index contributed by atoms with van der Waals surface area (Å²) >= 11 is 0. The van der Waals surface area contributed by atoms with Gasteiger partial charge in [0.25, 0.3) is 15.9 Å². The van der Waals surface area contributed by atoms with Gasteiger partial charge in [0.15, 0.2) is 0 Å². The Bertz CT molecular complexity index is 1450. The molecule has 3 N–H and O–H groups in total. The van der Waals surface area contributed by atoms with Gasteiger partial charge in [0.2, 0.25) is 0 Å². The molecule has 176 valence electrons. The van der Waals surface area contributed by atoms with Crippen LogP contribution in [0.25, 0.3) is 10.8 Å². The van der Waals surface area contributed by atoms with Crippen molar-refractivity contribution in [2.45, 2.75) is 30.4 Å². The maximum Gasteiger partial charge on any atom is 0.268 e. The summed E-state index contributed by atoms with van der Waals surface area (Å²) in [6.07, 6.45) is 0.157. The van der Waals surface area contributed by atoms with E-state index in [4.69, 9.17) is 0 Å². The Hall–Kier alpha value is -3.53. The molecule has 8 nitrogen and oxygen atoms in total. The third-order valence-electron chi connectivity index (χ3n) is 5.70. The number of aliphatic hydroxyl groups is 2. The largest absolute Gasteiger partial charge is 0.388 e. The molecule has 9 heteroatoms. The van der Waals surface area contributed by atoms with Crippen LogP contribution in [0, 0.1) is 6.92 Å². The quantitative estimate of drug-likeness (QED) is 0.375. The predicted octanol–water partition coefficient (Wildman–Crippen LogP) is 3.10. The van der Waals surface area contributed by atoms with E-state index >= 15 is 0 Å². The number of aliphatic hydroxyl groups excluding tert-OH is 2. The molecule has 1 unspecified atom stereocenters. The molecular weight excluding hydrogens is 454 g/mol. The van der Waals surface area contributed by atoms with Crippen LogP contribution in [-0.2, 0) is 10.0 Å². The molecule has 0 radical (unpaired) electrons. The Morgan fingerprint density at radius 3 is 2.38 bits per heavy atom. The number of carbonyl (C=O) groups is 1. The lowest BCUT2D eigenvalue weighted by Gasteiger charge is -2.15. The summed E-state index contributed by atoms with van der Waals surface area (Å²) in [5, 5.41) is 25.6. The van der Waals surface area contributed by atoms with Crippen molar-refractivity contribution in [3.8, 4) is 0 Å². The third-order valence-corrected chi connectivity index (χ3v) is 7.33. The fourth-order valence-electron chi connectivity index (χ4n) is 3.68. The minimum absolute atomic E-state index is 0.0660. The Kier molecular flexibility index (Phi) is 6.52. The molecule has 4 rings (SSSR count). The molecule has 1 aromatic heterocycles. The first-order valence-corrected chi connectivity index (χ1v) is 12.1. The van der Waals surface area contributed by atoms with E-state index in [0.29, 0.717) is 11.1 Å². The van der Waals surface area contributed by atoms with E-state index in [9.17, 15) is 23.4 Å². The number of hydrogen-bond donors (Lipinski definition) is 3. The van der Waals surface area contributed by atoms with Crippen molar-refractivity contribution in [1.82, 2.24) is 14.3 Å². The molecule has 0 spiro atoms. The highest BCUT2D eigenvalue weighted by atomic mass is 32.2. The summed E-state index contributed by atoms with van der Waals surface area (Å²) in [6.45, 7) is 1.87. The second-order valence-corrected chi connectivity index (χ2v) is 9.96. The van der Waals surface area contributed by atoms with Crippen LogP contribution < -0.4 is 5.32 Å². The van der Waals surface area contributed by atoms with Gasteiger partial charge in [0, 0.05) is 25.2 Å². The lowest BCUT2D eigenvalue weighted by molar-refractivity contribution is 0.0783. The zero-order chi connectivity index (χ0) is 24.5. The van der Waals surface area contributed by atoms with Gasteiger partial charge in [-0.25, -0.2) is 17.4 Å². The highest BCUT2D eigenvalue weighted by molar-refractivity contribution is 7.90. The van der Waals surface area contributed by atoms with E-state index in [2.05, 4.69) is 10.3 Å². The number of carbonyl (C=O) groups excluding carboxylic acids is 1. The van der Waals surface area contributed by atoms with E-state index in [-0.39, 0.29) is 22.9 Å². The van der Waals surface area contributed by atoms with Crippen molar-refractivity contribution in [2.75, 3.05) is 7.05 Å². The second kappa shape index (κ2) is 9.38. The topological polar surface area (TPSA) is 122 Å². The highest BCUT2D eigenvalue weighted by Crippen LogP contribution is 2.29. The smallest absolute Gasteiger partial charge is 0.268 e. The summed E-state index contributed by atoms with van der Waals surface area (Å²) in [7, 11) is -2.27. The summed E-state index contributed by atoms with van der Waals surface area (Å²) < 4.78 is 26.6. The summed E-state index contributed by atoms with van der Waals surface area (Å²) in [5.41, 5.74) is 2.21. The summed E-state index contributed by atoms with van der Waals surface area (Å²) in [4.78, 5) is 16.0. The molecule has 0 aliphatic rings. The predicted molar refractivity (Wildman–Crippen MR) is 128 cm³/mol. The number of benzene rings is 3. The lowest BCUT2D eigenvalue weighted by atomic mass is 9.98. The van der Waals surface area contributed by atoms with Gasteiger partial charge in [-0.05, 0) is 53.6 Å². The van der Waals surface area contributed by atoms with Crippen LogP contribution in [0.3, 0.4) is 0 Å². The van der Waals surface area contributed by atoms with E-state index in [1.807, 2.05) is 6.92 Å². The Balaban J connectivity index is 1.50. The van der Waals surface area contributed by atoms with Crippen molar-refractivity contribution in [1.29, 1.82) is 0 Å². The van der Waals surface area contributed by atoms with E-state index < -0.39 is 22.2 Å². The zero-order valence-electron chi connectivity index (χ0n) is 18.7. The number of fused-ring (bicyclic) bond motifs is 1. The normalized spacial score (nSPS) is 13.5. The van der Waals surface area contributed by atoms with Gasteiger partial charge in [-0.2, -0.15) is 0 Å².